The number of carbonyl (C=O) groups excluding carboxylic acids is 1. The summed E-state index contributed by atoms with van der Waals surface area (Å²) in [5.74, 6) is 1.22. The van der Waals surface area contributed by atoms with Crippen LogP contribution in [0.25, 0.3) is 0 Å². The van der Waals surface area contributed by atoms with Gasteiger partial charge >= 0.3 is 0 Å². The fourth-order valence-corrected chi connectivity index (χ4v) is 2.64. The number of hydrogen-bond donors (Lipinski definition) is 0. The van der Waals surface area contributed by atoms with Gasteiger partial charge in [0.15, 0.2) is 17.3 Å². The Morgan fingerprint density at radius 3 is 2.54 bits per heavy atom. The summed E-state index contributed by atoms with van der Waals surface area (Å²) >= 11 is 0. The fourth-order valence-electron chi connectivity index (χ4n) is 2.64. The lowest BCUT2D eigenvalue weighted by Gasteiger charge is -2.26. The number of benzene rings is 1. The van der Waals surface area contributed by atoms with E-state index in [1.54, 1.807) is 30.3 Å². The van der Waals surface area contributed by atoms with Crippen molar-refractivity contribution in [3.05, 3.63) is 30.0 Å². The van der Waals surface area contributed by atoms with Crippen molar-refractivity contribution in [2.75, 3.05) is 67.8 Å². The Kier molecular flexibility index (Phi) is 7.74. The number of carbonyl (C=O) groups is 1. The van der Waals surface area contributed by atoms with Gasteiger partial charge in [-0.25, -0.2) is 0 Å². The first kappa shape index (κ1) is 20.1. The van der Waals surface area contributed by atoms with Crippen LogP contribution in [0.15, 0.2) is 24.4 Å². The summed E-state index contributed by atoms with van der Waals surface area (Å²) in [4.78, 5) is 16.7. The van der Waals surface area contributed by atoms with E-state index in [4.69, 9.17) is 18.9 Å². The van der Waals surface area contributed by atoms with Gasteiger partial charge in [-0.3, -0.25) is 9.69 Å². The van der Waals surface area contributed by atoms with Crippen LogP contribution in [0.2, 0.25) is 0 Å². The molecule has 0 bridgehead atoms. The van der Waals surface area contributed by atoms with Crippen LogP contribution >= 0.6 is 0 Å². The molecule has 144 valence electrons. The molecular weight excluding hydrogens is 336 g/mol. The summed E-state index contributed by atoms with van der Waals surface area (Å²) in [5.41, 5.74) is 0.447. The van der Waals surface area contributed by atoms with Gasteiger partial charge in [0.1, 0.15) is 6.61 Å². The molecule has 0 radical (unpaired) electrons. The predicted octanol–water partition coefficient (Wildman–Crippen LogP) is 1.67. The van der Waals surface area contributed by atoms with Gasteiger partial charge in [0, 0.05) is 46.0 Å². The van der Waals surface area contributed by atoms with Crippen molar-refractivity contribution >= 4 is 5.78 Å². The van der Waals surface area contributed by atoms with Crippen LogP contribution in [0.3, 0.4) is 0 Å². The first-order valence-electron chi connectivity index (χ1n) is 8.63. The lowest BCUT2D eigenvalue weighted by molar-refractivity contribution is 0.0320. The number of allylic oxidation sites excluding steroid dienone is 1. The van der Waals surface area contributed by atoms with Crippen LogP contribution < -0.4 is 14.2 Å². The predicted molar refractivity (Wildman–Crippen MR) is 99.5 cm³/mol. The topological polar surface area (TPSA) is 60.5 Å². The van der Waals surface area contributed by atoms with E-state index in [1.165, 1.54) is 13.2 Å². The van der Waals surface area contributed by atoms with Crippen LogP contribution in [-0.4, -0.2) is 83.4 Å². The zero-order valence-corrected chi connectivity index (χ0v) is 16.0. The molecule has 7 heteroatoms. The summed E-state index contributed by atoms with van der Waals surface area (Å²) in [7, 11) is 6.82. The van der Waals surface area contributed by atoms with Gasteiger partial charge in [-0.1, -0.05) is 0 Å². The minimum atomic E-state index is -0.152. The molecule has 1 aliphatic heterocycles. The zero-order valence-electron chi connectivity index (χ0n) is 16.0. The molecule has 1 aliphatic rings. The number of rotatable bonds is 9. The smallest absolute Gasteiger partial charge is 0.204 e. The van der Waals surface area contributed by atoms with E-state index in [0.717, 1.165) is 32.8 Å². The molecule has 1 aromatic carbocycles. The second-order valence-corrected chi connectivity index (χ2v) is 6.12. The maximum atomic E-state index is 12.6. The molecule has 0 aliphatic carbocycles. The van der Waals surface area contributed by atoms with Crippen LogP contribution in [0.5, 0.6) is 17.2 Å². The van der Waals surface area contributed by atoms with Crippen molar-refractivity contribution in [1.82, 2.24) is 9.80 Å². The average molecular weight is 364 g/mol. The summed E-state index contributed by atoms with van der Waals surface area (Å²) < 4.78 is 22.1. The Labute approximate surface area is 155 Å². The van der Waals surface area contributed by atoms with E-state index in [0.29, 0.717) is 29.4 Å². The largest absolute Gasteiger partial charge is 0.493 e. The van der Waals surface area contributed by atoms with Crippen molar-refractivity contribution in [2.24, 2.45) is 0 Å². The molecule has 7 nitrogen and oxygen atoms in total. The molecular formula is C19H28N2O5. The van der Waals surface area contributed by atoms with Gasteiger partial charge in [0.2, 0.25) is 5.75 Å². The third-order valence-corrected chi connectivity index (χ3v) is 4.05. The quantitative estimate of drug-likeness (QED) is 0.488. The first-order chi connectivity index (χ1) is 12.6. The molecule has 0 N–H and O–H groups in total. The van der Waals surface area contributed by atoms with Gasteiger partial charge in [0.25, 0.3) is 0 Å². The fraction of sp³-hybridized carbons (Fsp3) is 0.526. The number of hydrogen-bond acceptors (Lipinski definition) is 7. The average Bonchev–Trinajstić information content (AvgIpc) is 2.66. The molecule has 1 heterocycles. The SMILES string of the molecule is COc1ccc(C(=O)/C=C\N(C)C)c(OCCN2CCOCC2)c1OC. The third-order valence-electron chi connectivity index (χ3n) is 4.05. The Morgan fingerprint density at radius 2 is 1.92 bits per heavy atom. The second-order valence-electron chi connectivity index (χ2n) is 6.12. The van der Waals surface area contributed by atoms with Crippen molar-refractivity contribution in [3.63, 3.8) is 0 Å². The molecule has 0 atom stereocenters. The van der Waals surface area contributed by atoms with E-state index >= 15 is 0 Å². The highest BCUT2D eigenvalue weighted by Crippen LogP contribution is 2.40. The summed E-state index contributed by atoms with van der Waals surface area (Å²) in [6, 6.07) is 3.41. The molecule has 0 amide bonds. The van der Waals surface area contributed by atoms with Gasteiger partial charge in [-0.05, 0) is 12.1 Å². The summed E-state index contributed by atoms with van der Waals surface area (Å²) in [5, 5.41) is 0. The molecule has 0 spiro atoms. The second kappa shape index (κ2) is 10.0. The monoisotopic (exact) mass is 364 g/mol. The number of ketones is 1. The van der Waals surface area contributed by atoms with Crippen molar-refractivity contribution in [2.45, 2.75) is 0 Å². The van der Waals surface area contributed by atoms with E-state index in [-0.39, 0.29) is 5.78 Å². The first-order valence-corrected chi connectivity index (χ1v) is 8.63. The highest BCUT2D eigenvalue weighted by molar-refractivity contribution is 6.07. The lowest BCUT2D eigenvalue weighted by atomic mass is 10.1. The summed E-state index contributed by atoms with van der Waals surface area (Å²) in [6.07, 6.45) is 3.21. The van der Waals surface area contributed by atoms with Gasteiger partial charge in [-0.15, -0.1) is 0 Å². The minimum Gasteiger partial charge on any atom is -0.493 e. The molecule has 0 aromatic heterocycles. The summed E-state index contributed by atoms with van der Waals surface area (Å²) in [6.45, 7) is 4.45. The van der Waals surface area contributed by atoms with Crippen LogP contribution in [0.4, 0.5) is 0 Å². The molecule has 26 heavy (non-hydrogen) atoms. The maximum absolute atomic E-state index is 12.6. The Morgan fingerprint density at radius 1 is 1.19 bits per heavy atom. The minimum absolute atomic E-state index is 0.152. The zero-order chi connectivity index (χ0) is 18.9. The Bertz CT molecular complexity index is 625. The van der Waals surface area contributed by atoms with Crippen molar-refractivity contribution < 1.29 is 23.7 Å². The highest BCUT2D eigenvalue weighted by Gasteiger charge is 2.20. The van der Waals surface area contributed by atoms with Gasteiger partial charge in [0.05, 0.1) is 33.0 Å². The Balaban J connectivity index is 2.19. The van der Waals surface area contributed by atoms with E-state index in [2.05, 4.69) is 4.90 Å². The van der Waals surface area contributed by atoms with Crippen LogP contribution in [-0.2, 0) is 4.74 Å². The number of ether oxygens (including phenoxy) is 4. The molecule has 0 unspecified atom stereocenters. The van der Waals surface area contributed by atoms with E-state index in [9.17, 15) is 4.79 Å². The van der Waals surface area contributed by atoms with Crippen molar-refractivity contribution in [1.29, 1.82) is 0 Å². The molecule has 1 fully saturated rings. The van der Waals surface area contributed by atoms with E-state index in [1.807, 2.05) is 14.1 Å². The maximum Gasteiger partial charge on any atom is 0.204 e. The Hall–Kier alpha value is -2.25. The lowest BCUT2D eigenvalue weighted by Crippen LogP contribution is -2.38. The van der Waals surface area contributed by atoms with E-state index < -0.39 is 0 Å². The highest BCUT2D eigenvalue weighted by atomic mass is 16.5. The molecule has 0 saturated carbocycles. The van der Waals surface area contributed by atoms with Gasteiger partial charge < -0.3 is 23.8 Å². The molecule has 1 aromatic rings. The molecule has 2 rings (SSSR count). The van der Waals surface area contributed by atoms with Crippen LogP contribution in [0.1, 0.15) is 10.4 Å². The van der Waals surface area contributed by atoms with Crippen LogP contribution in [0, 0.1) is 0 Å². The van der Waals surface area contributed by atoms with Crippen molar-refractivity contribution in [3.8, 4) is 17.2 Å². The number of morpholine rings is 1. The number of nitrogens with zero attached hydrogens (tertiary/aromatic N) is 2. The molecule has 1 saturated heterocycles. The normalized spacial score (nSPS) is 15.1. The number of methoxy groups -OCH3 is 2. The van der Waals surface area contributed by atoms with Gasteiger partial charge in [-0.2, -0.15) is 0 Å². The standard InChI is InChI=1S/C19H28N2O5/c1-20(2)8-7-16(22)15-5-6-17(23-3)19(24-4)18(15)26-14-11-21-9-12-25-13-10-21/h5-8H,9-14H2,1-4H3/b8-7-. The third kappa shape index (κ3) is 5.37.